The number of hydrogen-bond acceptors (Lipinski definition) is 7. The number of nitrogens with zero attached hydrogens (tertiary/aromatic N) is 4. The van der Waals surface area contributed by atoms with E-state index in [1.807, 2.05) is 11.8 Å². The predicted molar refractivity (Wildman–Crippen MR) is 116 cm³/mol. The lowest BCUT2D eigenvalue weighted by Gasteiger charge is -2.32. The Bertz CT molecular complexity index is 547. The van der Waals surface area contributed by atoms with Crippen molar-refractivity contribution >= 4 is 17.8 Å². The normalized spacial score (nSPS) is 20.0. The maximum absolute atomic E-state index is 12.6. The average molecular weight is 429 g/mol. The molecule has 1 rings (SSSR count). The van der Waals surface area contributed by atoms with E-state index >= 15 is 0 Å². The molecule has 1 heterocycles. The molecule has 1 fully saturated rings. The van der Waals surface area contributed by atoms with Crippen LogP contribution in [-0.2, 0) is 14.4 Å². The number of carbonyl (C=O) groups excluding carboxylic acids is 2. The van der Waals surface area contributed by atoms with Crippen molar-refractivity contribution in [1.82, 2.24) is 30.2 Å². The lowest BCUT2D eigenvalue weighted by molar-refractivity contribution is -0.138. The standard InChI is InChI=1S/C20H40N6O4/c1-5-17(20(30)21-3)22-18(27)15-25-12-11-24(6-2)9-7-23(4)8-10-26(14-13-25)16-19(28)29/h17H,5-16H2,1-4H3,(H,21,30)(H,22,27)(H,28,29)/t17-/m1/s1. The number of amides is 2. The number of aliphatic carboxylic acids is 1. The van der Waals surface area contributed by atoms with Crippen LogP contribution in [-0.4, -0.2) is 135 Å². The fourth-order valence-electron chi connectivity index (χ4n) is 3.43. The summed E-state index contributed by atoms with van der Waals surface area (Å²) in [5.41, 5.74) is 0. The van der Waals surface area contributed by atoms with Gasteiger partial charge in [0.05, 0.1) is 13.1 Å². The van der Waals surface area contributed by atoms with E-state index in [9.17, 15) is 19.5 Å². The van der Waals surface area contributed by atoms with E-state index in [0.717, 1.165) is 32.7 Å². The maximum atomic E-state index is 12.6. The van der Waals surface area contributed by atoms with Crippen molar-refractivity contribution in [3.63, 3.8) is 0 Å². The van der Waals surface area contributed by atoms with Crippen molar-refractivity contribution in [3.8, 4) is 0 Å². The zero-order chi connectivity index (χ0) is 22.5. The zero-order valence-electron chi connectivity index (χ0n) is 19.0. The van der Waals surface area contributed by atoms with Crippen LogP contribution in [0.3, 0.4) is 0 Å². The van der Waals surface area contributed by atoms with E-state index in [-0.39, 0.29) is 24.9 Å². The van der Waals surface area contributed by atoms with Crippen LogP contribution in [0.2, 0.25) is 0 Å². The lowest BCUT2D eigenvalue weighted by atomic mass is 10.2. The molecule has 0 spiro atoms. The SMILES string of the molecule is CC[C@@H](NC(=O)CN1CCN(CC)CCN(C)CCN(CC(=O)O)CC1)C(=O)NC. The van der Waals surface area contributed by atoms with Crippen molar-refractivity contribution in [2.45, 2.75) is 26.3 Å². The van der Waals surface area contributed by atoms with Gasteiger partial charge in [0.1, 0.15) is 6.04 Å². The Morgan fingerprint density at radius 3 is 1.87 bits per heavy atom. The second kappa shape index (κ2) is 14.3. The Morgan fingerprint density at radius 1 is 0.867 bits per heavy atom. The number of hydrogen-bond donors (Lipinski definition) is 3. The van der Waals surface area contributed by atoms with Gasteiger partial charge < -0.3 is 25.5 Å². The third kappa shape index (κ3) is 10.3. The molecule has 30 heavy (non-hydrogen) atoms. The highest BCUT2D eigenvalue weighted by Gasteiger charge is 2.21. The van der Waals surface area contributed by atoms with Gasteiger partial charge in [-0.25, -0.2) is 0 Å². The first-order chi connectivity index (χ1) is 14.3. The summed E-state index contributed by atoms with van der Waals surface area (Å²) in [7, 11) is 3.62. The Labute approximate surface area is 180 Å². The molecule has 174 valence electrons. The summed E-state index contributed by atoms with van der Waals surface area (Å²) in [4.78, 5) is 44.2. The van der Waals surface area contributed by atoms with Crippen LogP contribution < -0.4 is 10.6 Å². The van der Waals surface area contributed by atoms with Gasteiger partial charge in [0.25, 0.3) is 0 Å². The van der Waals surface area contributed by atoms with Crippen LogP contribution in [0.1, 0.15) is 20.3 Å². The van der Waals surface area contributed by atoms with Crippen LogP contribution in [0.25, 0.3) is 0 Å². The van der Waals surface area contributed by atoms with Gasteiger partial charge in [-0.05, 0) is 20.0 Å². The van der Waals surface area contributed by atoms with Gasteiger partial charge in [0.15, 0.2) is 0 Å². The molecule has 0 aromatic rings. The third-order valence-corrected chi connectivity index (χ3v) is 5.54. The molecule has 0 aliphatic carbocycles. The molecule has 10 heteroatoms. The monoisotopic (exact) mass is 428 g/mol. The second-order valence-electron chi connectivity index (χ2n) is 7.83. The van der Waals surface area contributed by atoms with Crippen molar-refractivity contribution in [2.75, 3.05) is 86.1 Å². The highest BCUT2D eigenvalue weighted by atomic mass is 16.4. The molecule has 1 aliphatic rings. The van der Waals surface area contributed by atoms with Gasteiger partial charge in [-0.1, -0.05) is 13.8 Å². The summed E-state index contributed by atoms with van der Waals surface area (Å²) in [5.74, 6) is -1.24. The first kappa shape index (κ1) is 26.3. The molecule has 0 saturated carbocycles. The van der Waals surface area contributed by atoms with Crippen LogP contribution >= 0.6 is 0 Å². The maximum Gasteiger partial charge on any atom is 0.317 e. The highest BCUT2D eigenvalue weighted by molar-refractivity contribution is 5.88. The molecule has 0 unspecified atom stereocenters. The topological polar surface area (TPSA) is 108 Å². The molecule has 3 N–H and O–H groups in total. The van der Waals surface area contributed by atoms with E-state index in [1.54, 1.807) is 7.05 Å². The molecule has 1 saturated heterocycles. The minimum absolute atomic E-state index is 0.0104. The summed E-state index contributed by atoms with van der Waals surface area (Å²) in [6, 6.07) is -0.541. The molecule has 0 aromatic carbocycles. The molecule has 1 atom stereocenters. The quantitative estimate of drug-likeness (QED) is 0.433. The van der Waals surface area contributed by atoms with Gasteiger partial charge in [-0.3, -0.25) is 24.2 Å². The van der Waals surface area contributed by atoms with E-state index in [4.69, 9.17) is 0 Å². The summed E-state index contributed by atoms with van der Waals surface area (Å²) in [5, 5.41) is 14.6. The average Bonchev–Trinajstić information content (AvgIpc) is 2.71. The largest absolute Gasteiger partial charge is 0.480 e. The predicted octanol–water partition coefficient (Wildman–Crippen LogP) is -1.42. The minimum Gasteiger partial charge on any atom is -0.480 e. The van der Waals surface area contributed by atoms with Crippen molar-refractivity contribution in [1.29, 1.82) is 0 Å². The van der Waals surface area contributed by atoms with E-state index < -0.39 is 12.0 Å². The number of carbonyl (C=O) groups is 3. The fourth-order valence-corrected chi connectivity index (χ4v) is 3.43. The summed E-state index contributed by atoms with van der Waals surface area (Å²) in [6.07, 6.45) is 0.523. The first-order valence-corrected chi connectivity index (χ1v) is 10.9. The van der Waals surface area contributed by atoms with Gasteiger partial charge in [-0.15, -0.1) is 0 Å². The minimum atomic E-state index is -0.845. The van der Waals surface area contributed by atoms with Gasteiger partial charge in [0.2, 0.25) is 11.8 Å². The molecular formula is C20H40N6O4. The molecule has 0 bridgehead atoms. The Hall–Kier alpha value is -1.75. The number of carboxylic acid groups (broad SMARTS) is 1. The molecule has 1 aliphatic heterocycles. The third-order valence-electron chi connectivity index (χ3n) is 5.54. The fraction of sp³-hybridized carbons (Fsp3) is 0.850. The smallest absolute Gasteiger partial charge is 0.317 e. The van der Waals surface area contributed by atoms with E-state index in [2.05, 4.69) is 39.3 Å². The number of likely N-dealkylation sites (N-methyl/N-ethyl adjacent to an activating group) is 3. The second-order valence-corrected chi connectivity index (χ2v) is 7.83. The van der Waals surface area contributed by atoms with Gasteiger partial charge in [-0.2, -0.15) is 0 Å². The lowest BCUT2D eigenvalue weighted by Crippen LogP contribution is -2.51. The van der Waals surface area contributed by atoms with Gasteiger partial charge in [0, 0.05) is 59.4 Å². The van der Waals surface area contributed by atoms with E-state index in [1.165, 1.54) is 0 Å². The van der Waals surface area contributed by atoms with Crippen molar-refractivity contribution in [3.05, 3.63) is 0 Å². The van der Waals surface area contributed by atoms with E-state index in [0.29, 0.717) is 32.6 Å². The summed E-state index contributed by atoms with van der Waals surface area (Å²) >= 11 is 0. The highest BCUT2D eigenvalue weighted by Crippen LogP contribution is 2.00. The summed E-state index contributed by atoms with van der Waals surface area (Å²) < 4.78 is 0. The number of rotatable bonds is 8. The Morgan fingerprint density at radius 2 is 1.37 bits per heavy atom. The van der Waals surface area contributed by atoms with Gasteiger partial charge >= 0.3 is 5.97 Å². The van der Waals surface area contributed by atoms with Crippen LogP contribution in [0, 0.1) is 0 Å². The molecule has 10 nitrogen and oxygen atoms in total. The molecule has 2 amide bonds. The summed E-state index contributed by atoms with van der Waals surface area (Å²) in [6.45, 7) is 11.1. The van der Waals surface area contributed by atoms with Crippen molar-refractivity contribution in [2.24, 2.45) is 0 Å². The van der Waals surface area contributed by atoms with Crippen LogP contribution in [0.5, 0.6) is 0 Å². The number of carboxylic acids is 1. The molecule has 0 radical (unpaired) electrons. The van der Waals surface area contributed by atoms with Crippen LogP contribution in [0.15, 0.2) is 0 Å². The Balaban J connectivity index is 2.79. The Kier molecular flexibility index (Phi) is 12.5. The molecular weight excluding hydrogens is 388 g/mol. The number of nitrogens with one attached hydrogen (secondary N) is 2. The zero-order valence-corrected chi connectivity index (χ0v) is 19.0. The molecule has 0 aromatic heterocycles. The first-order valence-electron chi connectivity index (χ1n) is 10.9. The van der Waals surface area contributed by atoms with Crippen molar-refractivity contribution < 1.29 is 19.5 Å². The van der Waals surface area contributed by atoms with Crippen LogP contribution in [0.4, 0.5) is 0 Å².